The molecule has 1 amide bonds. The summed E-state index contributed by atoms with van der Waals surface area (Å²) in [6.07, 6.45) is -0.0641. The van der Waals surface area contributed by atoms with Gasteiger partial charge in [-0.2, -0.15) is 0 Å². The molecule has 1 aromatic heterocycles. The van der Waals surface area contributed by atoms with E-state index in [1.165, 1.54) is 13.0 Å². The highest BCUT2D eigenvalue weighted by molar-refractivity contribution is 7.09. The van der Waals surface area contributed by atoms with Gasteiger partial charge in [0, 0.05) is 9.90 Å². The number of hydrogen-bond acceptors (Lipinski definition) is 4. The first-order chi connectivity index (χ1) is 11.0. The highest BCUT2D eigenvalue weighted by atomic mass is 35.5. The van der Waals surface area contributed by atoms with Gasteiger partial charge in [-0.1, -0.05) is 29.3 Å². The van der Waals surface area contributed by atoms with Crippen molar-refractivity contribution in [2.45, 2.75) is 25.9 Å². The quantitative estimate of drug-likeness (QED) is 0.757. The van der Waals surface area contributed by atoms with Crippen molar-refractivity contribution in [2.75, 3.05) is 5.32 Å². The van der Waals surface area contributed by atoms with Gasteiger partial charge < -0.3 is 10.1 Å². The van der Waals surface area contributed by atoms with E-state index in [9.17, 15) is 9.59 Å². The highest BCUT2D eigenvalue weighted by Crippen LogP contribution is 2.25. The van der Waals surface area contributed by atoms with Crippen LogP contribution in [0.5, 0.6) is 0 Å². The zero-order valence-corrected chi connectivity index (χ0v) is 14.7. The first-order valence-corrected chi connectivity index (χ1v) is 8.57. The van der Waals surface area contributed by atoms with E-state index in [1.54, 1.807) is 23.5 Å². The van der Waals surface area contributed by atoms with E-state index >= 15 is 0 Å². The Morgan fingerprint density at radius 1 is 1.30 bits per heavy atom. The van der Waals surface area contributed by atoms with E-state index in [2.05, 4.69) is 5.32 Å². The molecule has 0 fully saturated rings. The minimum Gasteiger partial charge on any atom is -0.453 e. The molecule has 7 heteroatoms. The van der Waals surface area contributed by atoms with Crippen LogP contribution in [0.15, 0.2) is 35.7 Å². The molecule has 0 radical (unpaired) electrons. The summed E-state index contributed by atoms with van der Waals surface area (Å²) in [6, 6.07) is 8.61. The fraction of sp³-hybridized carbons (Fsp3) is 0.250. The van der Waals surface area contributed by atoms with Gasteiger partial charge in [0.05, 0.1) is 17.1 Å². The number of carbonyl (C=O) groups is 2. The molecule has 1 aromatic carbocycles. The molecule has 0 aliphatic heterocycles. The summed E-state index contributed by atoms with van der Waals surface area (Å²) in [4.78, 5) is 24.9. The van der Waals surface area contributed by atoms with Crippen LogP contribution >= 0.6 is 34.5 Å². The number of anilines is 1. The summed E-state index contributed by atoms with van der Waals surface area (Å²) in [5, 5.41) is 5.35. The molecule has 0 saturated heterocycles. The van der Waals surface area contributed by atoms with Crippen LogP contribution in [0.4, 0.5) is 5.69 Å². The molecule has 122 valence electrons. The predicted molar refractivity (Wildman–Crippen MR) is 93.3 cm³/mol. The van der Waals surface area contributed by atoms with Crippen LogP contribution in [-0.4, -0.2) is 18.0 Å². The molecule has 1 heterocycles. The van der Waals surface area contributed by atoms with E-state index in [1.807, 2.05) is 17.5 Å². The molecule has 2 rings (SSSR count). The van der Waals surface area contributed by atoms with Gasteiger partial charge in [-0.05, 0) is 43.0 Å². The summed E-state index contributed by atoms with van der Waals surface area (Å²) in [5.74, 6) is -0.859. The molecular formula is C16H15Cl2NO3S. The molecular weight excluding hydrogens is 357 g/mol. The highest BCUT2D eigenvalue weighted by Gasteiger charge is 2.18. The van der Waals surface area contributed by atoms with Gasteiger partial charge >= 0.3 is 5.97 Å². The Balaban J connectivity index is 1.83. The molecule has 0 unspecified atom stereocenters. The molecule has 0 aliphatic rings. The lowest BCUT2D eigenvalue weighted by molar-refractivity contribution is -0.153. The largest absolute Gasteiger partial charge is 0.453 e. The number of carbonyl (C=O) groups excluding carboxylic acids is 2. The van der Waals surface area contributed by atoms with Crippen LogP contribution in [0.2, 0.25) is 10.0 Å². The number of rotatable bonds is 6. The van der Waals surface area contributed by atoms with Gasteiger partial charge in [0.1, 0.15) is 0 Å². The number of nitrogens with one attached hydrogen (secondary N) is 1. The van der Waals surface area contributed by atoms with E-state index in [-0.39, 0.29) is 6.42 Å². The third-order valence-corrected chi connectivity index (χ3v) is 4.51. The molecule has 0 spiro atoms. The predicted octanol–water partition coefficient (Wildman–Crippen LogP) is 4.56. The van der Waals surface area contributed by atoms with Crippen LogP contribution in [0, 0.1) is 0 Å². The Morgan fingerprint density at radius 2 is 2.09 bits per heavy atom. The summed E-state index contributed by atoms with van der Waals surface area (Å²) in [6.45, 7) is 1.52. The lowest BCUT2D eigenvalue weighted by Gasteiger charge is -2.14. The minimum absolute atomic E-state index is 0.236. The first-order valence-electron chi connectivity index (χ1n) is 6.93. The Labute approximate surface area is 148 Å². The van der Waals surface area contributed by atoms with Crippen LogP contribution in [0.1, 0.15) is 18.2 Å². The van der Waals surface area contributed by atoms with E-state index in [0.29, 0.717) is 22.2 Å². The lowest BCUT2D eigenvalue weighted by atomic mass is 10.2. The number of aryl methyl sites for hydroxylation is 1. The smallest absolute Gasteiger partial charge is 0.306 e. The molecule has 0 aliphatic carbocycles. The molecule has 0 saturated carbocycles. The standard InChI is InChI=1S/C16H15Cl2NO3S/c1-10(22-15(20)7-5-12-3-2-8-23-12)16(21)19-14-6-4-11(17)9-13(14)18/h2-4,6,8-10H,5,7H2,1H3,(H,19,21)/t10-/m1/s1. The van der Waals surface area contributed by atoms with E-state index in [0.717, 1.165) is 4.88 Å². The molecule has 23 heavy (non-hydrogen) atoms. The van der Waals surface area contributed by atoms with E-state index in [4.69, 9.17) is 27.9 Å². The van der Waals surface area contributed by atoms with Gasteiger partial charge in [0.2, 0.25) is 0 Å². The Morgan fingerprint density at radius 3 is 2.74 bits per heavy atom. The summed E-state index contributed by atoms with van der Waals surface area (Å²) < 4.78 is 5.13. The average Bonchev–Trinajstić information content (AvgIpc) is 3.01. The zero-order valence-electron chi connectivity index (χ0n) is 12.3. The van der Waals surface area contributed by atoms with Gasteiger partial charge in [-0.15, -0.1) is 11.3 Å². The lowest BCUT2D eigenvalue weighted by Crippen LogP contribution is -2.30. The fourth-order valence-corrected chi connectivity index (χ4v) is 2.98. The summed E-state index contributed by atoms with van der Waals surface area (Å²) in [7, 11) is 0. The van der Waals surface area contributed by atoms with Gasteiger partial charge in [-0.3, -0.25) is 9.59 Å². The Kier molecular flexibility index (Phi) is 6.45. The van der Waals surface area contributed by atoms with Crippen molar-refractivity contribution >= 4 is 52.1 Å². The normalized spacial score (nSPS) is 11.8. The summed E-state index contributed by atoms with van der Waals surface area (Å²) in [5.41, 5.74) is 0.419. The topological polar surface area (TPSA) is 55.4 Å². The van der Waals surface area contributed by atoms with Gasteiger partial charge in [-0.25, -0.2) is 0 Å². The minimum atomic E-state index is -0.905. The first kappa shape index (κ1) is 17.8. The SMILES string of the molecule is C[C@@H](OC(=O)CCc1cccs1)C(=O)Nc1ccc(Cl)cc1Cl. The van der Waals surface area contributed by atoms with Crippen molar-refractivity contribution in [1.82, 2.24) is 0 Å². The molecule has 1 N–H and O–H groups in total. The van der Waals surface area contributed by atoms with Crippen molar-refractivity contribution in [2.24, 2.45) is 0 Å². The summed E-state index contributed by atoms with van der Waals surface area (Å²) >= 11 is 13.4. The number of esters is 1. The number of hydrogen-bond donors (Lipinski definition) is 1. The number of halogens is 2. The van der Waals surface area contributed by atoms with Crippen molar-refractivity contribution in [1.29, 1.82) is 0 Å². The maximum atomic E-state index is 12.0. The fourth-order valence-electron chi connectivity index (χ4n) is 1.81. The molecule has 4 nitrogen and oxygen atoms in total. The second-order valence-electron chi connectivity index (χ2n) is 4.82. The van der Waals surface area contributed by atoms with Crippen molar-refractivity contribution in [3.63, 3.8) is 0 Å². The van der Waals surface area contributed by atoms with Crippen molar-refractivity contribution in [3.8, 4) is 0 Å². The molecule has 1 atom stereocenters. The van der Waals surface area contributed by atoms with Crippen molar-refractivity contribution in [3.05, 3.63) is 50.6 Å². The Hall–Kier alpha value is -1.56. The van der Waals surface area contributed by atoms with Crippen LogP contribution in [0.25, 0.3) is 0 Å². The van der Waals surface area contributed by atoms with Gasteiger partial charge in [0.25, 0.3) is 5.91 Å². The number of ether oxygens (including phenoxy) is 1. The number of benzene rings is 1. The zero-order chi connectivity index (χ0) is 16.8. The van der Waals surface area contributed by atoms with E-state index < -0.39 is 18.0 Å². The molecule has 0 bridgehead atoms. The van der Waals surface area contributed by atoms with Crippen LogP contribution in [0.3, 0.4) is 0 Å². The van der Waals surface area contributed by atoms with Crippen LogP contribution in [-0.2, 0) is 20.7 Å². The number of amides is 1. The van der Waals surface area contributed by atoms with Crippen molar-refractivity contribution < 1.29 is 14.3 Å². The second kappa shape index (κ2) is 8.34. The number of thiophene rings is 1. The Bertz CT molecular complexity index is 689. The third-order valence-electron chi connectivity index (χ3n) is 3.02. The van der Waals surface area contributed by atoms with Gasteiger partial charge in [0.15, 0.2) is 6.10 Å². The average molecular weight is 372 g/mol. The van der Waals surface area contributed by atoms with Crippen LogP contribution < -0.4 is 5.32 Å². The molecule has 2 aromatic rings. The maximum Gasteiger partial charge on any atom is 0.306 e. The maximum absolute atomic E-state index is 12.0. The monoisotopic (exact) mass is 371 g/mol. The second-order valence-corrected chi connectivity index (χ2v) is 6.70. The third kappa shape index (κ3) is 5.53.